The van der Waals surface area contributed by atoms with Crippen LogP contribution in [-0.4, -0.2) is 274 Å². The largest absolute Gasteiger partial charge is 0.487 e. The van der Waals surface area contributed by atoms with Gasteiger partial charge in [0.05, 0.1) is 59.5 Å². The zero-order valence-corrected chi connectivity index (χ0v) is 61.8. The van der Waals surface area contributed by atoms with E-state index in [4.69, 9.17) is 99.5 Å². The first-order chi connectivity index (χ1) is 50.3. The molecule has 1 aliphatic carbocycles. The molecule has 0 radical (unpaired) electrons. The van der Waals surface area contributed by atoms with E-state index in [1.165, 1.54) is 32.9 Å². The van der Waals surface area contributed by atoms with E-state index in [0.29, 0.717) is 5.92 Å². The van der Waals surface area contributed by atoms with Crippen molar-refractivity contribution in [3.05, 3.63) is 17.7 Å². The van der Waals surface area contributed by atoms with Crippen molar-refractivity contribution >= 4 is 77.4 Å². The number of carbonyl (C=O) groups excluding carboxylic acids is 13. The molecule has 3 saturated heterocycles. The Labute approximate surface area is 612 Å². The SMILES string of the molecule is CC(=O)N[C@H]1[C@H](OCCOCCOc2cc(C(=O)NC3CCC(C)CC3)cc(OCCOCCO[C@@H]3O[C@H](COC(C)=O)[C@H](OC(C)=O)[C@H](OC(C)=O)[C@H]3NC(C)=O)c2OCCOCCO[C@@H]2O[C@H](COC(C)=O)[C@H](OC(C)=O)[C@H](OC(C)=O)[C@H]2NC(C)=O)O[C@H](COC(C)=O)[C@H](OC(C)=O)[C@@H]1OC(C)=O. The van der Waals surface area contributed by atoms with E-state index in [-0.39, 0.29) is 108 Å². The third-order valence-electron chi connectivity index (χ3n) is 15.8. The molecule has 4 aliphatic rings. The van der Waals surface area contributed by atoms with E-state index in [0.717, 1.165) is 88.0 Å². The average Bonchev–Trinajstić information content (AvgIpc) is 0.784. The van der Waals surface area contributed by atoms with Gasteiger partial charge in [0, 0.05) is 94.7 Å². The van der Waals surface area contributed by atoms with Crippen molar-refractivity contribution in [1.29, 1.82) is 0 Å². The van der Waals surface area contributed by atoms with E-state index >= 15 is 0 Å². The zero-order chi connectivity index (χ0) is 78.2. The molecule has 1 saturated carbocycles. The lowest BCUT2D eigenvalue weighted by atomic mass is 9.87. The molecule has 3 aliphatic heterocycles. The van der Waals surface area contributed by atoms with Gasteiger partial charge < -0.3 is 121 Å². The molecule has 106 heavy (non-hydrogen) atoms. The number of amides is 4. The van der Waals surface area contributed by atoms with Crippen LogP contribution in [0.2, 0.25) is 0 Å². The maximum atomic E-state index is 14.3. The normalized spacial score (nSPS) is 26.1. The maximum absolute atomic E-state index is 14.3. The molecule has 1 aromatic rings. The highest BCUT2D eigenvalue weighted by Crippen LogP contribution is 2.40. The summed E-state index contributed by atoms with van der Waals surface area (Å²) in [5.74, 6) is -8.68. The lowest BCUT2D eigenvalue weighted by molar-refractivity contribution is -0.279. The summed E-state index contributed by atoms with van der Waals surface area (Å²) in [6.07, 6.45) is -12.8. The van der Waals surface area contributed by atoms with Gasteiger partial charge in [-0.2, -0.15) is 0 Å². The fraction of sp³-hybridized carbons (Fsp3) is 0.721. The first-order valence-corrected chi connectivity index (χ1v) is 34.5. The molecule has 38 heteroatoms. The monoisotopic (exact) mass is 1520 g/mol. The van der Waals surface area contributed by atoms with Crippen molar-refractivity contribution in [2.45, 2.75) is 214 Å². The molecular formula is C68H100N4O34. The van der Waals surface area contributed by atoms with Crippen LogP contribution in [0.3, 0.4) is 0 Å². The van der Waals surface area contributed by atoms with Crippen molar-refractivity contribution < 1.29 is 162 Å². The topological polar surface area (TPSA) is 464 Å². The molecule has 38 nitrogen and oxygen atoms in total. The molecule has 3 heterocycles. The Bertz CT molecular complexity index is 2980. The Morgan fingerprint density at radius 2 is 0.632 bits per heavy atom. The van der Waals surface area contributed by atoms with Crippen LogP contribution in [0.15, 0.2) is 12.1 Å². The van der Waals surface area contributed by atoms with Gasteiger partial charge in [0.1, 0.15) is 76.1 Å². The van der Waals surface area contributed by atoms with Gasteiger partial charge in [0.15, 0.2) is 67.0 Å². The second-order valence-electron chi connectivity index (χ2n) is 24.9. The molecule has 4 fully saturated rings. The van der Waals surface area contributed by atoms with Gasteiger partial charge in [-0.3, -0.25) is 62.3 Å². The Morgan fingerprint density at radius 1 is 0.349 bits per heavy atom. The van der Waals surface area contributed by atoms with E-state index in [9.17, 15) is 62.3 Å². The molecule has 4 N–H and O–H groups in total. The number of nitrogens with one attached hydrogen (secondary N) is 4. The standard InChI is InChI=1S/C68H100N4O34/c1-35-14-16-49(17-15-35)72-65(85)48-30-50(89-24-18-86-21-27-92-66-55(69-36(2)73)62(101-45(11)82)59(98-42(8)79)52(104-66)32-95-39(5)76)58(91-26-20-88-23-29-94-68-57(71-38(4)75)64(103-47(13)84)61(100-44(10)81)54(106-68)34-97-41(7)78)51(31-48)90-25-19-87-22-28-93-67-56(70-37(3)74)63(102-46(12)83)60(99-43(9)80)53(105-67)33-96-40(6)77/h30-31,35,49,52-57,59-64,66-68H,14-29,32-34H2,1-13H3,(H,69,73)(H,70,74)(H,71,75)(H,72,85)/t35?,49?,52-,53-,54-,55-,56-,57-,59+,60+,61+,62-,63-,64-,66-,67-,68-/m1/s1. The Morgan fingerprint density at radius 3 is 0.915 bits per heavy atom. The minimum Gasteiger partial charge on any atom is -0.487 e. The van der Waals surface area contributed by atoms with E-state index in [2.05, 4.69) is 28.2 Å². The van der Waals surface area contributed by atoms with Crippen LogP contribution in [0, 0.1) is 5.92 Å². The maximum Gasteiger partial charge on any atom is 0.303 e. The van der Waals surface area contributed by atoms with Crippen molar-refractivity contribution in [2.75, 3.05) is 99.1 Å². The summed E-state index contributed by atoms with van der Waals surface area (Å²) in [7, 11) is 0. The summed E-state index contributed by atoms with van der Waals surface area (Å²) in [6, 6.07) is -1.00. The highest BCUT2D eigenvalue weighted by atomic mass is 16.7. The minimum absolute atomic E-state index is 0.00351. The number of rotatable bonds is 41. The van der Waals surface area contributed by atoms with Crippen molar-refractivity contribution in [3.8, 4) is 17.2 Å². The predicted molar refractivity (Wildman–Crippen MR) is 354 cm³/mol. The first kappa shape index (κ1) is 88.0. The summed E-state index contributed by atoms with van der Waals surface area (Å²) in [5.41, 5.74) is 0.105. The number of ether oxygens (including phenoxy) is 21. The molecule has 5 rings (SSSR count). The molecule has 4 amide bonds. The number of esters is 9. The second kappa shape index (κ2) is 45.1. The lowest BCUT2D eigenvalue weighted by Gasteiger charge is -2.44. The summed E-state index contributed by atoms with van der Waals surface area (Å²) >= 11 is 0. The van der Waals surface area contributed by atoms with E-state index in [1.54, 1.807) is 0 Å². The minimum atomic E-state index is -1.39. The van der Waals surface area contributed by atoms with Crippen molar-refractivity contribution in [2.24, 2.45) is 5.92 Å². The van der Waals surface area contributed by atoms with Crippen LogP contribution in [0.1, 0.15) is 126 Å². The van der Waals surface area contributed by atoms with Crippen LogP contribution < -0.4 is 35.5 Å². The summed E-state index contributed by atoms with van der Waals surface area (Å²) in [4.78, 5) is 162. The Kier molecular flexibility index (Phi) is 37.5. The molecule has 1 aromatic carbocycles. The first-order valence-electron chi connectivity index (χ1n) is 34.5. The Balaban J connectivity index is 1.38. The molecule has 0 bridgehead atoms. The average molecular weight is 1520 g/mol. The van der Waals surface area contributed by atoms with Gasteiger partial charge in [0.2, 0.25) is 23.5 Å². The molecule has 0 spiro atoms. The van der Waals surface area contributed by atoms with E-state index in [1.807, 2.05) is 0 Å². The van der Waals surface area contributed by atoms with Crippen LogP contribution in [0.5, 0.6) is 17.2 Å². The van der Waals surface area contributed by atoms with Crippen molar-refractivity contribution in [3.63, 3.8) is 0 Å². The van der Waals surface area contributed by atoms with Crippen molar-refractivity contribution in [1.82, 2.24) is 21.3 Å². The quantitative estimate of drug-likeness (QED) is 0.0386. The number of hydrogen-bond donors (Lipinski definition) is 4. The van der Waals surface area contributed by atoms with Crippen LogP contribution in [0.25, 0.3) is 0 Å². The smallest absolute Gasteiger partial charge is 0.303 e. The van der Waals surface area contributed by atoms with Gasteiger partial charge in [-0.05, 0) is 43.7 Å². The fourth-order valence-electron chi connectivity index (χ4n) is 11.6. The van der Waals surface area contributed by atoms with Gasteiger partial charge >= 0.3 is 53.7 Å². The van der Waals surface area contributed by atoms with Crippen LogP contribution in [0.4, 0.5) is 0 Å². The number of hydrogen-bond acceptors (Lipinski definition) is 34. The molecule has 596 valence electrons. The lowest BCUT2D eigenvalue weighted by Crippen LogP contribution is -2.66. The highest BCUT2D eigenvalue weighted by molar-refractivity contribution is 5.96. The summed E-state index contributed by atoms with van der Waals surface area (Å²) in [6.45, 7) is 12.2. The molecule has 15 atom stereocenters. The molecular weight excluding hydrogens is 1420 g/mol. The van der Waals surface area contributed by atoms with Crippen LogP contribution >= 0.6 is 0 Å². The molecule has 0 unspecified atom stereocenters. The van der Waals surface area contributed by atoms with Gasteiger partial charge in [-0.1, -0.05) is 6.92 Å². The Hall–Kier alpha value is -8.63. The highest BCUT2D eigenvalue weighted by Gasteiger charge is 2.54. The van der Waals surface area contributed by atoms with Gasteiger partial charge in [-0.25, -0.2) is 0 Å². The third-order valence-corrected chi connectivity index (χ3v) is 15.8. The van der Waals surface area contributed by atoms with Crippen LogP contribution in [-0.2, 0) is 143 Å². The third kappa shape index (κ3) is 30.7. The van der Waals surface area contributed by atoms with E-state index < -0.39 is 189 Å². The summed E-state index contributed by atoms with van der Waals surface area (Å²) in [5, 5.41) is 11.0. The zero-order valence-electron chi connectivity index (χ0n) is 61.8. The molecule has 0 aromatic heterocycles. The fourth-order valence-corrected chi connectivity index (χ4v) is 11.6. The summed E-state index contributed by atoms with van der Waals surface area (Å²) < 4.78 is 122. The second-order valence-corrected chi connectivity index (χ2v) is 24.9. The number of benzene rings is 1. The van der Waals surface area contributed by atoms with Gasteiger partial charge in [-0.15, -0.1) is 0 Å². The number of carbonyl (C=O) groups is 13. The predicted octanol–water partition coefficient (Wildman–Crippen LogP) is 0.199. The van der Waals surface area contributed by atoms with Gasteiger partial charge in [0.25, 0.3) is 5.91 Å².